The minimum atomic E-state index is -2.30. The van der Waals surface area contributed by atoms with Crippen LogP contribution < -0.4 is 4.90 Å². The molecule has 27 heavy (non-hydrogen) atoms. The fourth-order valence-electron chi connectivity index (χ4n) is 4.78. The van der Waals surface area contributed by atoms with Crippen molar-refractivity contribution in [3.05, 3.63) is 101 Å². The van der Waals surface area contributed by atoms with Gasteiger partial charge in [-0.05, 0) is 49.0 Å². The van der Waals surface area contributed by atoms with Gasteiger partial charge in [-0.25, -0.2) is 0 Å². The number of rotatable bonds is 2. The Morgan fingerprint density at radius 1 is 0.852 bits per heavy atom. The maximum absolute atomic E-state index is 9.79. The minimum absolute atomic E-state index is 0.108. The number of para-hydroxylation sites is 1. The maximum atomic E-state index is 9.79. The first-order chi connectivity index (χ1) is 14.8. The van der Waals surface area contributed by atoms with E-state index in [2.05, 4.69) is 13.0 Å². The van der Waals surface area contributed by atoms with Crippen LogP contribution in [0.4, 0.5) is 5.69 Å². The number of benzene rings is 3. The summed E-state index contributed by atoms with van der Waals surface area (Å²) in [5, 5.41) is 0. The van der Waals surface area contributed by atoms with E-state index in [0.29, 0.717) is 0 Å². The first-order valence-corrected chi connectivity index (χ1v) is 9.53. The summed E-state index contributed by atoms with van der Waals surface area (Å²) in [7, 11) is 0. The fraction of sp³-hybridized carbons (Fsp3) is 0.280. The average molecular weight is 359 g/mol. The van der Waals surface area contributed by atoms with Gasteiger partial charge in [-0.2, -0.15) is 0 Å². The molecule has 0 bridgehead atoms. The average Bonchev–Trinajstić information content (AvgIpc) is 3.21. The van der Waals surface area contributed by atoms with E-state index in [-0.39, 0.29) is 12.1 Å². The molecule has 2 heterocycles. The van der Waals surface area contributed by atoms with Gasteiger partial charge in [-0.3, -0.25) is 4.90 Å². The highest BCUT2D eigenvalue weighted by Crippen LogP contribution is 2.54. The lowest BCUT2D eigenvalue weighted by Crippen LogP contribution is -2.39. The molecule has 5 rings (SSSR count). The summed E-state index contributed by atoms with van der Waals surface area (Å²) in [5.41, 5.74) is 4.65. The molecule has 0 N–H and O–H groups in total. The molecule has 3 unspecified atom stereocenters. The lowest BCUT2D eigenvalue weighted by atomic mass is 9.95. The van der Waals surface area contributed by atoms with Crippen LogP contribution >= 0.6 is 0 Å². The summed E-state index contributed by atoms with van der Waals surface area (Å²) in [4.78, 5) is 3.95. The first kappa shape index (κ1) is 12.7. The van der Waals surface area contributed by atoms with Gasteiger partial charge < -0.3 is 4.90 Å². The van der Waals surface area contributed by atoms with Crippen molar-refractivity contribution in [3.8, 4) is 0 Å². The summed E-state index contributed by atoms with van der Waals surface area (Å²) in [6.07, 6.45) is -0.918. The number of hydrogen-bond acceptors (Lipinski definition) is 2. The van der Waals surface area contributed by atoms with Gasteiger partial charge in [0.25, 0.3) is 0 Å². The number of nitrogens with zero attached hydrogens (tertiary/aromatic N) is 2. The molecule has 0 amide bonds. The van der Waals surface area contributed by atoms with Crippen LogP contribution in [0.1, 0.15) is 53.6 Å². The summed E-state index contributed by atoms with van der Waals surface area (Å²) in [5.74, 6) is 0. The summed E-state index contributed by atoms with van der Waals surface area (Å²) < 4.78 is 35.4. The zero-order valence-electron chi connectivity index (χ0n) is 19.6. The van der Waals surface area contributed by atoms with Crippen LogP contribution in [0, 0.1) is 6.92 Å². The van der Waals surface area contributed by atoms with Crippen molar-refractivity contribution in [3.63, 3.8) is 0 Å². The third-order valence-electron chi connectivity index (χ3n) is 5.96. The molecule has 3 aromatic carbocycles. The van der Waals surface area contributed by atoms with Gasteiger partial charge >= 0.3 is 0 Å². The monoisotopic (exact) mass is 358 g/mol. The SMILES string of the molecule is [2H]C([2H])([2H])C1N(c2ccccc2C)[C@@H](C)C2c3ccccc3C([2H])(c3ccccc3)N21. The Labute approximate surface area is 167 Å². The van der Waals surface area contributed by atoms with Crippen molar-refractivity contribution in [2.45, 2.75) is 45.0 Å². The van der Waals surface area contributed by atoms with E-state index in [1.165, 1.54) is 0 Å². The number of fused-ring (bicyclic) bond motifs is 3. The van der Waals surface area contributed by atoms with Gasteiger partial charge in [0.1, 0.15) is 0 Å². The molecule has 2 aliphatic rings. The molecule has 0 radical (unpaired) electrons. The normalized spacial score (nSPS) is 32.2. The summed E-state index contributed by atoms with van der Waals surface area (Å²) >= 11 is 0. The highest BCUT2D eigenvalue weighted by atomic mass is 15.5. The van der Waals surface area contributed by atoms with Crippen LogP contribution in [0.25, 0.3) is 0 Å². The highest BCUT2D eigenvalue weighted by Gasteiger charge is 2.52. The lowest BCUT2D eigenvalue weighted by Gasteiger charge is -2.34. The van der Waals surface area contributed by atoms with E-state index in [0.717, 1.165) is 27.9 Å². The second-order valence-electron chi connectivity index (χ2n) is 7.46. The molecule has 0 aromatic heterocycles. The van der Waals surface area contributed by atoms with Gasteiger partial charge in [0.05, 0.1) is 19.6 Å². The molecule has 2 heteroatoms. The van der Waals surface area contributed by atoms with Crippen LogP contribution in [0.3, 0.4) is 0 Å². The number of aryl methyl sites for hydroxylation is 1. The van der Waals surface area contributed by atoms with Crippen LogP contribution in [0.5, 0.6) is 0 Å². The molecule has 0 aliphatic carbocycles. The second kappa shape index (κ2) is 6.24. The number of anilines is 1. The van der Waals surface area contributed by atoms with Crippen molar-refractivity contribution >= 4 is 5.69 Å². The van der Waals surface area contributed by atoms with E-state index >= 15 is 0 Å². The van der Waals surface area contributed by atoms with Crippen LogP contribution in [0.15, 0.2) is 78.9 Å². The van der Waals surface area contributed by atoms with Gasteiger partial charge in [0.15, 0.2) is 0 Å². The first-order valence-electron chi connectivity index (χ1n) is 11.5. The quantitative estimate of drug-likeness (QED) is 0.580. The third-order valence-corrected chi connectivity index (χ3v) is 5.96. The Kier molecular flexibility index (Phi) is 2.95. The fourth-order valence-corrected chi connectivity index (χ4v) is 4.78. The highest BCUT2D eigenvalue weighted by molar-refractivity contribution is 5.58. The van der Waals surface area contributed by atoms with E-state index in [1.807, 2.05) is 89.5 Å². The molecule has 136 valence electrons. The molecule has 4 atom stereocenters. The third kappa shape index (κ3) is 2.36. The van der Waals surface area contributed by atoms with Crippen molar-refractivity contribution in [2.24, 2.45) is 0 Å². The van der Waals surface area contributed by atoms with Gasteiger partial charge in [-0.15, -0.1) is 0 Å². The van der Waals surface area contributed by atoms with E-state index < -0.39 is 19.0 Å². The minimum Gasteiger partial charge on any atom is -0.351 e. The molecule has 3 aromatic rings. The van der Waals surface area contributed by atoms with Crippen LogP contribution in [-0.4, -0.2) is 17.1 Å². The summed E-state index contributed by atoms with van der Waals surface area (Å²) in [6.45, 7) is 1.80. The Balaban J connectivity index is 1.79. The Hall–Kier alpha value is -2.58. The largest absolute Gasteiger partial charge is 0.351 e. The Morgan fingerprint density at radius 3 is 2.26 bits per heavy atom. The van der Waals surface area contributed by atoms with Crippen LogP contribution in [0.2, 0.25) is 0 Å². The lowest BCUT2D eigenvalue weighted by molar-refractivity contribution is 0.184. The van der Waals surface area contributed by atoms with Gasteiger partial charge in [-0.1, -0.05) is 72.8 Å². The van der Waals surface area contributed by atoms with Crippen molar-refractivity contribution in [1.29, 1.82) is 0 Å². The molecule has 2 nitrogen and oxygen atoms in total. The van der Waals surface area contributed by atoms with E-state index in [1.54, 1.807) is 0 Å². The zero-order valence-corrected chi connectivity index (χ0v) is 15.6. The van der Waals surface area contributed by atoms with Crippen molar-refractivity contribution in [2.75, 3.05) is 4.90 Å². The second-order valence-corrected chi connectivity index (χ2v) is 7.46. The zero-order chi connectivity index (χ0) is 22.0. The topological polar surface area (TPSA) is 6.48 Å². The molecular formula is C25H26N2. The van der Waals surface area contributed by atoms with Crippen LogP contribution in [-0.2, 0) is 0 Å². The molecule has 1 fully saturated rings. The maximum Gasteiger partial charge on any atom is 0.0809 e. The van der Waals surface area contributed by atoms with Gasteiger partial charge in [0, 0.05) is 15.8 Å². The molecule has 0 saturated carbocycles. The van der Waals surface area contributed by atoms with E-state index in [4.69, 9.17) is 4.11 Å². The van der Waals surface area contributed by atoms with Gasteiger partial charge in [0.2, 0.25) is 0 Å². The van der Waals surface area contributed by atoms with E-state index in [9.17, 15) is 1.37 Å². The Morgan fingerprint density at radius 2 is 1.52 bits per heavy atom. The Bertz CT molecular complexity index is 1110. The number of hydrogen-bond donors (Lipinski definition) is 0. The van der Waals surface area contributed by atoms with Crippen molar-refractivity contribution < 1.29 is 5.48 Å². The molecule has 1 saturated heterocycles. The molecular weight excluding hydrogens is 328 g/mol. The molecule has 2 aliphatic heterocycles. The predicted octanol–water partition coefficient (Wildman–Crippen LogP) is 5.70. The molecule has 0 spiro atoms. The van der Waals surface area contributed by atoms with Crippen molar-refractivity contribution in [1.82, 2.24) is 4.90 Å². The standard InChI is InChI=1S/C25H26N2/c1-17-11-7-10-16-23(17)26-18(2)24-21-14-8-9-15-22(21)25(27(24)19(26)3)20-12-5-4-6-13-20/h4-16,18-19,24-25H,1-3H3/t18-,19?,24?,25?/m0/s1/i3D3,25D. The predicted molar refractivity (Wildman–Crippen MR) is 112 cm³/mol. The smallest absolute Gasteiger partial charge is 0.0809 e. The summed E-state index contributed by atoms with van der Waals surface area (Å²) in [6, 6.07) is 24.0.